The molecule has 2 N–H and O–H groups in total. The quantitative estimate of drug-likeness (QED) is 0.414. The van der Waals surface area contributed by atoms with E-state index in [1.165, 1.54) is 32.1 Å². The monoisotopic (exact) mass is 253 g/mol. The van der Waals surface area contributed by atoms with Gasteiger partial charge >= 0.3 is 0 Å². The van der Waals surface area contributed by atoms with Gasteiger partial charge in [-0.1, -0.05) is 12.8 Å². The normalized spacial score (nSPS) is 24.3. The molecule has 1 atom stereocenters. The molecule has 2 aliphatic rings. The van der Waals surface area contributed by atoms with Crippen molar-refractivity contribution in [2.24, 2.45) is 10.9 Å². The second kappa shape index (κ2) is 7.62. The summed E-state index contributed by atoms with van der Waals surface area (Å²) in [6.07, 6.45) is 8.22. The first-order valence-corrected chi connectivity index (χ1v) is 7.52. The van der Waals surface area contributed by atoms with Crippen LogP contribution in [-0.4, -0.2) is 38.3 Å². The number of hydrogen-bond acceptors (Lipinski definition) is 2. The van der Waals surface area contributed by atoms with Crippen LogP contribution in [0.25, 0.3) is 0 Å². The lowest BCUT2D eigenvalue weighted by molar-refractivity contribution is 0.117. The van der Waals surface area contributed by atoms with Crippen molar-refractivity contribution >= 4 is 5.96 Å². The Balaban J connectivity index is 1.62. The number of hydrogen-bond donors (Lipinski definition) is 2. The van der Waals surface area contributed by atoms with Gasteiger partial charge in [-0.2, -0.15) is 0 Å². The summed E-state index contributed by atoms with van der Waals surface area (Å²) < 4.78 is 5.58. The minimum Gasteiger partial charge on any atom is -0.376 e. The Morgan fingerprint density at radius 1 is 1.28 bits per heavy atom. The van der Waals surface area contributed by atoms with Crippen LogP contribution >= 0.6 is 0 Å². The smallest absolute Gasteiger partial charge is 0.191 e. The molecule has 1 aliphatic carbocycles. The van der Waals surface area contributed by atoms with Gasteiger partial charge < -0.3 is 15.4 Å². The lowest BCUT2D eigenvalue weighted by Crippen LogP contribution is -2.38. The van der Waals surface area contributed by atoms with E-state index in [0.29, 0.717) is 6.10 Å². The predicted molar refractivity (Wildman–Crippen MR) is 74.9 cm³/mol. The zero-order valence-corrected chi connectivity index (χ0v) is 11.6. The Kier molecular flexibility index (Phi) is 5.78. The standard InChI is InChI=1S/C14H27N3O/c1-2-15-14(16-9-3-5-12-7-8-12)17-11-13-6-4-10-18-13/h12-13H,2-11H2,1H3,(H2,15,16,17). The number of aliphatic imine (C=N–C) groups is 1. The van der Waals surface area contributed by atoms with Crippen molar-refractivity contribution in [2.45, 2.75) is 51.6 Å². The van der Waals surface area contributed by atoms with Crippen LogP contribution in [0.4, 0.5) is 0 Å². The second-order valence-corrected chi connectivity index (χ2v) is 5.37. The second-order valence-electron chi connectivity index (χ2n) is 5.37. The molecule has 0 aromatic carbocycles. The van der Waals surface area contributed by atoms with Crippen LogP contribution < -0.4 is 10.6 Å². The van der Waals surface area contributed by atoms with Gasteiger partial charge in [0, 0.05) is 19.7 Å². The van der Waals surface area contributed by atoms with E-state index in [0.717, 1.165) is 44.5 Å². The summed E-state index contributed by atoms with van der Waals surface area (Å²) in [6, 6.07) is 0. The van der Waals surface area contributed by atoms with Crippen LogP contribution in [0, 0.1) is 5.92 Å². The number of rotatable bonds is 7. The lowest BCUT2D eigenvalue weighted by Gasteiger charge is -2.12. The first-order chi connectivity index (χ1) is 8.88. The zero-order chi connectivity index (χ0) is 12.6. The summed E-state index contributed by atoms with van der Waals surface area (Å²) in [5.41, 5.74) is 0. The van der Waals surface area contributed by atoms with E-state index in [-0.39, 0.29) is 0 Å². The SMILES string of the molecule is CCNC(=NCC1CCCO1)NCCCC1CC1. The van der Waals surface area contributed by atoms with E-state index in [1.54, 1.807) is 0 Å². The molecular weight excluding hydrogens is 226 g/mol. The maximum absolute atomic E-state index is 5.58. The Bertz CT molecular complexity index is 258. The summed E-state index contributed by atoms with van der Waals surface area (Å²) >= 11 is 0. The highest BCUT2D eigenvalue weighted by molar-refractivity contribution is 5.79. The molecule has 0 spiro atoms. The highest BCUT2D eigenvalue weighted by Gasteiger charge is 2.20. The molecule has 18 heavy (non-hydrogen) atoms. The number of guanidine groups is 1. The van der Waals surface area contributed by atoms with Crippen molar-refractivity contribution in [1.82, 2.24) is 10.6 Å². The summed E-state index contributed by atoms with van der Waals surface area (Å²) in [7, 11) is 0. The molecule has 1 heterocycles. The van der Waals surface area contributed by atoms with Gasteiger partial charge in [-0.05, 0) is 38.5 Å². The Labute approximate surface area is 111 Å². The third-order valence-electron chi connectivity index (χ3n) is 3.60. The van der Waals surface area contributed by atoms with Crippen molar-refractivity contribution in [1.29, 1.82) is 0 Å². The fraction of sp³-hybridized carbons (Fsp3) is 0.929. The molecule has 4 nitrogen and oxygen atoms in total. The van der Waals surface area contributed by atoms with Crippen molar-refractivity contribution in [3.63, 3.8) is 0 Å². The van der Waals surface area contributed by atoms with Gasteiger partial charge in [-0.3, -0.25) is 4.99 Å². The van der Waals surface area contributed by atoms with Gasteiger partial charge in [0.2, 0.25) is 0 Å². The minimum absolute atomic E-state index is 0.340. The van der Waals surface area contributed by atoms with Crippen LogP contribution in [0.1, 0.15) is 45.4 Å². The molecule has 104 valence electrons. The van der Waals surface area contributed by atoms with E-state index < -0.39 is 0 Å². The third kappa shape index (κ3) is 5.25. The van der Waals surface area contributed by atoms with E-state index in [9.17, 15) is 0 Å². The largest absolute Gasteiger partial charge is 0.376 e. The molecule has 1 saturated carbocycles. The predicted octanol–water partition coefficient (Wildman–Crippen LogP) is 1.91. The number of nitrogens with one attached hydrogen (secondary N) is 2. The lowest BCUT2D eigenvalue weighted by atomic mass is 10.2. The van der Waals surface area contributed by atoms with Crippen LogP contribution in [0.5, 0.6) is 0 Å². The Morgan fingerprint density at radius 3 is 2.83 bits per heavy atom. The number of ether oxygens (including phenoxy) is 1. The molecule has 2 fully saturated rings. The maximum atomic E-state index is 5.58. The van der Waals surface area contributed by atoms with Crippen LogP contribution in [0.2, 0.25) is 0 Å². The maximum Gasteiger partial charge on any atom is 0.191 e. The van der Waals surface area contributed by atoms with Crippen LogP contribution in [0.3, 0.4) is 0 Å². The van der Waals surface area contributed by atoms with E-state index in [2.05, 4.69) is 22.5 Å². The molecule has 2 rings (SSSR count). The van der Waals surface area contributed by atoms with Crippen LogP contribution in [0.15, 0.2) is 4.99 Å². The van der Waals surface area contributed by atoms with Crippen molar-refractivity contribution in [2.75, 3.05) is 26.2 Å². The number of nitrogens with zero attached hydrogens (tertiary/aromatic N) is 1. The van der Waals surface area contributed by atoms with Gasteiger partial charge in [0.25, 0.3) is 0 Å². The highest BCUT2D eigenvalue weighted by atomic mass is 16.5. The summed E-state index contributed by atoms with van der Waals surface area (Å²) in [5.74, 6) is 1.97. The first-order valence-electron chi connectivity index (χ1n) is 7.52. The van der Waals surface area contributed by atoms with Crippen molar-refractivity contribution < 1.29 is 4.74 Å². The van der Waals surface area contributed by atoms with Crippen LogP contribution in [-0.2, 0) is 4.74 Å². The van der Waals surface area contributed by atoms with Crippen molar-refractivity contribution in [3.8, 4) is 0 Å². The average molecular weight is 253 g/mol. The molecular formula is C14H27N3O. The molecule has 0 radical (unpaired) electrons. The third-order valence-corrected chi connectivity index (χ3v) is 3.60. The average Bonchev–Trinajstić information content (AvgIpc) is 3.05. The highest BCUT2D eigenvalue weighted by Crippen LogP contribution is 2.33. The minimum atomic E-state index is 0.340. The van der Waals surface area contributed by atoms with Gasteiger partial charge in [0.05, 0.1) is 12.6 Å². The van der Waals surface area contributed by atoms with E-state index >= 15 is 0 Å². The first kappa shape index (κ1) is 13.7. The fourth-order valence-electron chi connectivity index (χ4n) is 2.33. The zero-order valence-electron chi connectivity index (χ0n) is 11.6. The molecule has 1 aliphatic heterocycles. The van der Waals surface area contributed by atoms with E-state index in [1.807, 2.05) is 0 Å². The topological polar surface area (TPSA) is 45.7 Å². The molecule has 0 amide bonds. The van der Waals surface area contributed by atoms with Crippen molar-refractivity contribution in [3.05, 3.63) is 0 Å². The molecule has 0 aromatic rings. The van der Waals surface area contributed by atoms with E-state index in [4.69, 9.17) is 4.74 Å². The fourth-order valence-corrected chi connectivity index (χ4v) is 2.33. The Hall–Kier alpha value is -0.770. The summed E-state index contributed by atoms with van der Waals surface area (Å²) in [4.78, 5) is 4.60. The Morgan fingerprint density at radius 2 is 2.17 bits per heavy atom. The summed E-state index contributed by atoms with van der Waals surface area (Å²) in [5, 5.41) is 6.70. The summed E-state index contributed by atoms with van der Waals surface area (Å²) in [6.45, 7) is 5.75. The molecule has 0 bridgehead atoms. The van der Waals surface area contributed by atoms with Gasteiger partial charge in [-0.25, -0.2) is 0 Å². The van der Waals surface area contributed by atoms with Gasteiger partial charge in [-0.15, -0.1) is 0 Å². The molecule has 1 saturated heterocycles. The molecule has 0 aromatic heterocycles. The molecule has 4 heteroatoms. The molecule has 1 unspecified atom stereocenters. The van der Waals surface area contributed by atoms with Gasteiger partial charge in [0.1, 0.15) is 0 Å². The van der Waals surface area contributed by atoms with Gasteiger partial charge in [0.15, 0.2) is 5.96 Å².